The summed E-state index contributed by atoms with van der Waals surface area (Å²) in [5.74, 6) is 0.274. The topological polar surface area (TPSA) is 79.7 Å². The number of carbonyl (C=O) groups excluding carboxylic acids is 2. The zero-order valence-electron chi connectivity index (χ0n) is 11.7. The zero-order valence-corrected chi connectivity index (χ0v) is 11.7. The van der Waals surface area contributed by atoms with E-state index in [9.17, 15) is 9.59 Å². The number of amidine groups is 1. The molecule has 19 heavy (non-hydrogen) atoms. The van der Waals surface area contributed by atoms with Crippen LogP contribution < -0.4 is 5.32 Å². The summed E-state index contributed by atoms with van der Waals surface area (Å²) < 4.78 is 0. The molecule has 2 aliphatic heterocycles. The van der Waals surface area contributed by atoms with Crippen LogP contribution in [0.15, 0.2) is 0 Å². The summed E-state index contributed by atoms with van der Waals surface area (Å²) in [5.41, 5.74) is -0.533. The van der Waals surface area contributed by atoms with E-state index in [0.29, 0.717) is 32.5 Å². The molecule has 7 heteroatoms. The molecule has 106 valence electrons. The van der Waals surface area contributed by atoms with Gasteiger partial charge in [0.1, 0.15) is 11.4 Å². The first-order valence-electron chi connectivity index (χ1n) is 6.56. The number of hydrogen-bond donors (Lipinski definition) is 2. The second-order valence-electron chi connectivity index (χ2n) is 5.25. The van der Waals surface area contributed by atoms with Gasteiger partial charge in [0.15, 0.2) is 0 Å². The Bertz CT molecular complexity index is 412. The van der Waals surface area contributed by atoms with E-state index in [1.54, 1.807) is 28.8 Å². The van der Waals surface area contributed by atoms with E-state index >= 15 is 0 Å². The molecular weight excluding hydrogens is 246 g/mol. The van der Waals surface area contributed by atoms with Gasteiger partial charge in [-0.3, -0.25) is 10.7 Å². The predicted octanol–water partition coefficient (Wildman–Crippen LogP) is 0.525. The number of piperidine rings is 1. The second-order valence-corrected chi connectivity index (χ2v) is 5.25. The maximum atomic E-state index is 11.9. The van der Waals surface area contributed by atoms with Crippen LogP contribution in [0.4, 0.5) is 9.59 Å². The fraction of sp³-hybridized carbons (Fsp3) is 0.750. The van der Waals surface area contributed by atoms with Gasteiger partial charge in [-0.25, -0.2) is 9.59 Å². The van der Waals surface area contributed by atoms with Crippen molar-refractivity contribution in [2.45, 2.75) is 25.3 Å². The van der Waals surface area contributed by atoms with E-state index in [-0.39, 0.29) is 17.9 Å². The summed E-state index contributed by atoms with van der Waals surface area (Å²) in [6.45, 7) is 3.64. The van der Waals surface area contributed by atoms with Crippen LogP contribution >= 0.6 is 0 Å². The molecule has 2 heterocycles. The molecule has 2 rings (SSSR count). The first-order chi connectivity index (χ1) is 8.92. The molecule has 2 N–H and O–H groups in total. The van der Waals surface area contributed by atoms with Gasteiger partial charge < -0.3 is 14.7 Å². The van der Waals surface area contributed by atoms with Gasteiger partial charge in [0, 0.05) is 33.7 Å². The second kappa shape index (κ2) is 4.71. The van der Waals surface area contributed by atoms with E-state index in [0.717, 1.165) is 0 Å². The van der Waals surface area contributed by atoms with Gasteiger partial charge >= 0.3 is 12.1 Å². The molecule has 4 amide bonds. The molecule has 0 aromatic rings. The molecule has 0 bridgehead atoms. The van der Waals surface area contributed by atoms with Crippen molar-refractivity contribution in [1.82, 2.24) is 20.0 Å². The first-order valence-corrected chi connectivity index (χ1v) is 6.56. The van der Waals surface area contributed by atoms with Crippen LogP contribution in [0.2, 0.25) is 0 Å². The lowest BCUT2D eigenvalue weighted by Crippen LogP contribution is -2.58. The smallest absolute Gasteiger partial charge is 0.323 e. The van der Waals surface area contributed by atoms with Crippen molar-refractivity contribution in [3.8, 4) is 0 Å². The Morgan fingerprint density at radius 3 is 2.47 bits per heavy atom. The molecule has 0 aromatic heterocycles. The summed E-state index contributed by atoms with van der Waals surface area (Å²) in [6, 6.07) is -0.207. The Kier molecular flexibility index (Phi) is 3.38. The Morgan fingerprint density at radius 2 is 2.00 bits per heavy atom. The summed E-state index contributed by atoms with van der Waals surface area (Å²) in [4.78, 5) is 28.7. The third kappa shape index (κ3) is 2.02. The third-order valence-electron chi connectivity index (χ3n) is 4.02. The van der Waals surface area contributed by atoms with Gasteiger partial charge in [-0.2, -0.15) is 0 Å². The molecule has 0 radical (unpaired) electrons. The van der Waals surface area contributed by atoms with Gasteiger partial charge in [0.25, 0.3) is 0 Å². The van der Waals surface area contributed by atoms with E-state index in [1.807, 2.05) is 6.92 Å². The standard InChI is InChI=1S/C12H21N5O2/c1-4-17-10(18)14-9(13)12(17)5-7-16(8-6-12)11(19)15(2)3/h4-8H2,1-3H3,(H2,13,14,18). The van der Waals surface area contributed by atoms with Crippen LogP contribution in [0.5, 0.6) is 0 Å². The number of amides is 4. The molecular formula is C12H21N5O2. The average molecular weight is 267 g/mol. The maximum absolute atomic E-state index is 11.9. The maximum Gasteiger partial charge on any atom is 0.323 e. The molecule has 7 nitrogen and oxygen atoms in total. The molecule has 0 atom stereocenters. The molecule has 0 aliphatic carbocycles. The predicted molar refractivity (Wildman–Crippen MR) is 71.3 cm³/mol. The summed E-state index contributed by atoms with van der Waals surface area (Å²) in [6.07, 6.45) is 1.25. The van der Waals surface area contributed by atoms with Crippen molar-refractivity contribution >= 4 is 17.9 Å². The number of urea groups is 2. The quantitative estimate of drug-likeness (QED) is 0.726. The molecule has 1 spiro atoms. The third-order valence-corrected chi connectivity index (χ3v) is 4.02. The van der Waals surface area contributed by atoms with Crippen LogP contribution in [0.3, 0.4) is 0 Å². The van der Waals surface area contributed by atoms with Crippen molar-refractivity contribution in [3.05, 3.63) is 0 Å². The van der Waals surface area contributed by atoms with Crippen molar-refractivity contribution in [1.29, 1.82) is 5.41 Å². The van der Waals surface area contributed by atoms with Crippen LogP contribution in [-0.4, -0.2) is 71.9 Å². The molecule has 0 saturated carbocycles. The number of carbonyl (C=O) groups is 2. The van der Waals surface area contributed by atoms with Gasteiger partial charge in [0.05, 0.1) is 0 Å². The molecule has 0 aromatic carbocycles. The van der Waals surface area contributed by atoms with E-state index in [4.69, 9.17) is 5.41 Å². The molecule has 2 aliphatic rings. The van der Waals surface area contributed by atoms with E-state index < -0.39 is 5.54 Å². The number of likely N-dealkylation sites (tertiary alicyclic amines) is 1. The summed E-state index contributed by atoms with van der Waals surface area (Å²) in [5, 5.41) is 10.6. The van der Waals surface area contributed by atoms with Crippen LogP contribution in [0.25, 0.3) is 0 Å². The number of nitrogens with one attached hydrogen (secondary N) is 2. The van der Waals surface area contributed by atoms with Crippen molar-refractivity contribution in [3.63, 3.8) is 0 Å². The highest BCUT2D eigenvalue weighted by Gasteiger charge is 2.51. The minimum absolute atomic E-state index is 0.0123. The van der Waals surface area contributed by atoms with Gasteiger partial charge in [-0.05, 0) is 19.8 Å². The monoisotopic (exact) mass is 267 g/mol. The zero-order chi connectivity index (χ0) is 14.2. The first kappa shape index (κ1) is 13.6. The lowest BCUT2D eigenvalue weighted by Gasteiger charge is -2.43. The number of likely N-dealkylation sites (N-methyl/N-ethyl adjacent to an activating group) is 1. The highest BCUT2D eigenvalue weighted by molar-refractivity contribution is 6.08. The summed E-state index contributed by atoms with van der Waals surface area (Å²) in [7, 11) is 3.46. The minimum atomic E-state index is -0.533. The Balaban J connectivity index is 2.11. The molecule has 2 saturated heterocycles. The largest absolute Gasteiger partial charge is 0.331 e. The van der Waals surface area contributed by atoms with Crippen molar-refractivity contribution in [2.24, 2.45) is 0 Å². The minimum Gasteiger partial charge on any atom is -0.331 e. The van der Waals surface area contributed by atoms with Crippen molar-refractivity contribution < 1.29 is 9.59 Å². The van der Waals surface area contributed by atoms with Gasteiger partial charge in [-0.1, -0.05) is 0 Å². The highest BCUT2D eigenvalue weighted by Crippen LogP contribution is 2.33. The SMILES string of the molecule is CCN1C(=O)NC(=N)C12CCN(C(=O)N(C)C)CC2. The van der Waals surface area contributed by atoms with Crippen LogP contribution in [0.1, 0.15) is 19.8 Å². The Labute approximate surface area is 113 Å². The number of hydrogen-bond acceptors (Lipinski definition) is 3. The molecule has 0 unspecified atom stereocenters. The Morgan fingerprint density at radius 1 is 1.42 bits per heavy atom. The average Bonchev–Trinajstić information content (AvgIpc) is 2.60. The van der Waals surface area contributed by atoms with E-state index in [1.165, 1.54) is 0 Å². The van der Waals surface area contributed by atoms with Crippen LogP contribution in [0, 0.1) is 5.41 Å². The van der Waals surface area contributed by atoms with E-state index in [2.05, 4.69) is 5.32 Å². The number of nitrogens with zero attached hydrogens (tertiary/aromatic N) is 3. The van der Waals surface area contributed by atoms with Gasteiger partial charge in [-0.15, -0.1) is 0 Å². The summed E-state index contributed by atoms with van der Waals surface area (Å²) >= 11 is 0. The lowest BCUT2D eigenvalue weighted by atomic mass is 9.86. The van der Waals surface area contributed by atoms with Crippen LogP contribution in [-0.2, 0) is 0 Å². The Hall–Kier alpha value is -1.79. The van der Waals surface area contributed by atoms with Gasteiger partial charge in [0.2, 0.25) is 0 Å². The normalized spacial score (nSPS) is 21.8. The number of rotatable bonds is 1. The van der Waals surface area contributed by atoms with Crippen molar-refractivity contribution in [2.75, 3.05) is 33.7 Å². The highest BCUT2D eigenvalue weighted by atomic mass is 16.2. The fourth-order valence-corrected chi connectivity index (χ4v) is 2.94. The fourth-order valence-electron chi connectivity index (χ4n) is 2.94. The lowest BCUT2D eigenvalue weighted by molar-refractivity contribution is 0.106. The molecule has 2 fully saturated rings.